The molecule has 1 aromatic heterocycles. The lowest BCUT2D eigenvalue weighted by molar-refractivity contribution is 0.546. The van der Waals surface area contributed by atoms with E-state index < -0.39 is 17.7 Å². The lowest BCUT2D eigenvalue weighted by Gasteiger charge is -2.18. The van der Waals surface area contributed by atoms with Gasteiger partial charge in [0.05, 0.1) is 11.6 Å². The molecule has 0 aliphatic carbocycles. The van der Waals surface area contributed by atoms with E-state index in [0.717, 1.165) is 29.1 Å². The van der Waals surface area contributed by atoms with Crippen LogP contribution < -0.4 is 11.3 Å². The number of nitrogens with zero attached hydrogens (tertiary/aromatic N) is 1. The minimum absolute atomic E-state index is 0.160. The van der Waals surface area contributed by atoms with E-state index in [1.54, 1.807) is 6.20 Å². The SMILES string of the molecule is NNC(c1ccc2cccnc2c1)c1cc(F)ccc1F. The Morgan fingerprint density at radius 1 is 1.05 bits per heavy atom. The smallest absolute Gasteiger partial charge is 0.128 e. The van der Waals surface area contributed by atoms with Crippen LogP contribution in [0.1, 0.15) is 17.2 Å². The van der Waals surface area contributed by atoms with E-state index in [1.807, 2.05) is 30.3 Å². The summed E-state index contributed by atoms with van der Waals surface area (Å²) in [6.45, 7) is 0. The molecule has 0 fully saturated rings. The zero-order chi connectivity index (χ0) is 14.8. The fourth-order valence-electron chi connectivity index (χ4n) is 2.36. The topological polar surface area (TPSA) is 50.9 Å². The average Bonchev–Trinajstić information content (AvgIpc) is 2.51. The molecule has 3 N–H and O–H groups in total. The first-order valence-electron chi connectivity index (χ1n) is 6.45. The number of fused-ring (bicyclic) bond motifs is 1. The number of benzene rings is 2. The van der Waals surface area contributed by atoms with Gasteiger partial charge in [0.1, 0.15) is 11.6 Å². The average molecular weight is 285 g/mol. The third kappa shape index (κ3) is 2.61. The van der Waals surface area contributed by atoms with Gasteiger partial charge in [-0.05, 0) is 35.9 Å². The first kappa shape index (κ1) is 13.6. The second-order valence-electron chi connectivity index (χ2n) is 4.72. The number of hydrogen-bond acceptors (Lipinski definition) is 3. The summed E-state index contributed by atoms with van der Waals surface area (Å²) >= 11 is 0. The second-order valence-corrected chi connectivity index (χ2v) is 4.72. The van der Waals surface area contributed by atoms with Gasteiger partial charge >= 0.3 is 0 Å². The highest BCUT2D eigenvalue weighted by atomic mass is 19.1. The van der Waals surface area contributed by atoms with Gasteiger partial charge in [-0.3, -0.25) is 10.8 Å². The van der Waals surface area contributed by atoms with Crippen molar-refractivity contribution >= 4 is 10.9 Å². The molecule has 3 aromatic rings. The zero-order valence-electron chi connectivity index (χ0n) is 11.1. The van der Waals surface area contributed by atoms with Crippen LogP contribution in [0.25, 0.3) is 10.9 Å². The second kappa shape index (κ2) is 5.55. The fourth-order valence-corrected chi connectivity index (χ4v) is 2.36. The number of hydrogen-bond donors (Lipinski definition) is 2. The fraction of sp³-hybridized carbons (Fsp3) is 0.0625. The largest absolute Gasteiger partial charge is 0.271 e. The van der Waals surface area contributed by atoms with Crippen molar-refractivity contribution in [1.29, 1.82) is 0 Å². The van der Waals surface area contributed by atoms with Crippen LogP contribution in [-0.4, -0.2) is 4.98 Å². The van der Waals surface area contributed by atoms with Gasteiger partial charge in [0.25, 0.3) is 0 Å². The van der Waals surface area contributed by atoms with Gasteiger partial charge in [-0.15, -0.1) is 0 Å². The van der Waals surface area contributed by atoms with Gasteiger partial charge in [-0.2, -0.15) is 0 Å². The molecule has 0 aliphatic heterocycles. The lowest BCUT2D eigenvalue weighted by atomic mass is 9.97. The summed E-state index contributed by atoms with van der Waals surface area (Å²) in [4.78, 5) is 4.26. The quantitative estimate of drug-likeness (QED) is 0.574. The molecule has 2 aromatic carbocycles. The van der Waals surface area contributed by atoms with Crippen LogP contribution >= 0.6 is 0 Å². The van der Waals surface area contributed by atoms with Crippen molar-refractivity contribution in [2.24, 2.45) is 5.84 Å². The Hall–Kier alpha value is -2.37. The summed E-state index contributed by atoms with van der Waals surface area (Å²) in [5, 5.41) is 0.969. The normalized spacial score (nSPS) is 12.5. The van der Waals surface area contributed by atoms with E-state index in [4.69, 9.17) is 5.84 Å². The predicted molar refractivity (Wildman–Crippen MR) is 77.3 cm³/mol. The third-order valence-corrected chi connectivity index (χ3v) is 3.40. The van der Waals surface area contributed by atoms with Gasteiger partial charge in [0.15, 0.2) is 0 Å². The highest BCUT2D eigenvalue weighted by Gasteiger charge is 2.18. The number of nitrogens with two attached hydrogens (primary N) is 1. The monoisotopic (exact) mass is 285 g/mol. The molecule has 106 valence electrons. The summed E-state index contributed by atoms with van der Waals surface area (Å²) in [5.41, 5.74) is 4.18. The Morgan fingerprint density at radius 2 is 1.90 bits per heavy atom. The van der Waals surface area contributed by atoms with Gasteiger partial charge in [-0.25, -0.2) is 14.2 Å². The van der Waals surface area contributed by atoms with Crippen LogP contribution in [0.15, 0.2) is 54.7 Å². The molecule has 1 unspecified atom stereocenters. The highest BCUT2D eigenvalue weighted by molar-refractivity contribution is 5.79. The van der Waals surface area contributed by atoms with Crippen molar-refractivity contribution in [3.8, 4) is 0 Å². The first-order chi connectivity index (χ1) is 10.2. The van der Waals surface area contributed by atoms with E-state index in [9.17, 15) is 8.78 Å². The number of halogens is 2. The summed E-state index contributed by atoms with van der Waals surface area (Å²) in [7, 11) is 0. The molecule has 0 saturated carbocycles. The van der Waals surface area contributed by atoms with Crippen LogP contribution in [0.5, 0.6) is 0 Å². The van der Waals surface area contributed by atoms with Crippen LogP contribution in [0.4, 0.5) is 8.78 Å². The maximum Gasteiger partial charge on any atom is 0.128 e. The molecular weight excluding hydrogens is 272 g/mol. The van der Waals surface area contributed by atoms with Crippen molar-refractivity contribution in [3.63, 3.8) is 0 Å². The summed E-state index contributed by atoms with van der Waals surface area (Å²) in [6.07, 6.45) is 1.68. The minimum Gasteiger partial charge on any atom is -0.271 e. The number of hydrazine groups is 1. The Bertz CT molecular complexity index is 789. The molecular formula is C16H13F2N3. The van der Waals surface area contributed by atoms with Crippen LogP contribution in [0.2, 0.25) is 0 Å². The summed E-state index contributed by atoms with van der Waals surface area (Å²) < 4.78 is 27.3. The Labute approximate surface area is 120 Å². The van der Waals surface area contributed by atoms with E-state index in [-0.39, 0.29) is 5.56 Å². The molecule has 1 heterocycles. The van der Waals surface area contributed by atoms with Crippen molar-refractivity contribution in [2.45, 2.75) is 6.04 Å². The molecule has 5 heteroatoms. The van der Waals surface area contributed by atoms with Gasteiger partial charge in [0, 0.05) is 17.1 Å². The number of aromatic nitrogens is 1. The molecule has 0 spiro atoms. The standard InChI is InChI=1S/C16H13F2N3/c17-12-5-6-14(18)13(9-12)16(21-19)11-4-3-10-2-1-7-20-15(10)8-11/h1-9,16,21H,19H2. The zero-order valence-corrected chi connectivity index (χ0v) is 11.1. The number of rotatable bonds is 3. The summed E-state index contributed by atoms with van der Waals surface area (Å²) in [5.74, 6) is 4.52. The number of pyridine rings is 1. The molecule has 3 nitrogen and oxygen atoms in total. The molecule has 0 radical (unpaired) electrons. The summed E-state index contributed by atoms with van der Waals surface area (Å²) in [6, 6.07) is 11.9. The van der Waals surface area contributed by atoms with Gasteiger partial charge in [0.2, 0.25) is 0 Å². The van der Waals surface area contributed by atoms with Crippen molar-refractivity contribution in [3.05, 3.63) is 77.5 Å². The molecule has 0 amide bonds. The lowest BCUT2D eigenvalue weighted by Crippen LogP contribution is -2.29. The molecule has 21 heavy (non-hydrogen) atoms. The van der Waals surface area contributed by atoms with E-state index in [0.29, 0.717) is 5.56 Å². The van der Waals surface area contributed by atoms with Gasteiger partial charge in [-0.1, -0.05) is 18.2 Å². The Kier molecular flexibility index (Phi) is 3.60. The van der Waals surface area contributed by atoms with E-state index >= 15 is 0 Å². The molecule has 3 rings (SSSR count). The van der Waals surface area contributed by atoms with Crippen LogP contribution in [-0.2, 0) is 0 Å². The maximum atomic E-state index is 13.9. The van der Waals surface area contributed by atoms with Crippen LogP contribution in [0, 0.1) is 11.6 Å². The van der Waals surface area contributed by atoms with Crippen molar-refractivity contribution in [1.82, 2.24) is 10.4 Å². The Morgan fingerprint density at radius 3 is 2.71 bits per heavy atom. The third-order valence-electron chi connectivity index (χ3n) is 3.40. The highest BCUT2D eigenvalue weighted by Crippen LogP contribution is 2.26. The molecule has 0 aliphatic rings. The predicted octanol–water partition coefficient (Wildman–Crippen LogP) is 3.07. The maximum absolute atomic E-state index is 13.9. The van der Waals surface area contributed by atoms with Crippen molar-refractivity contribution < 1.29 is 8.78 Å². The van der Waals surface area contributed by atoms with E-state index in [1.165, 1.54) is 0 Å². The van der Waals surface area contributed by atoms with Gasteiger partial charge < -0.3 is 0 Å². The van der Waals surface area contributed by atoms with Crippen molar-refractivity contribution in [2.75, 3.05) is 0 Å². The molecule has 0 bridgehead atoms. The minimum atomic E-state index is -0.646. The van der Waals surface area contributed by atoms with Crippen LogP contribution in [0.3, 0.4) is 0 Å². The Balaban J connectivity index is 2.11. The first-order valence-corrected chi connectivity index (χ1v) is 6.45. The number of nitrogens with one attached hydrogen (secondary N) is 1. The molecule has 1 atom stereocenters. The molecule has 0 saturated heterocycles. The van der Waals surface area contributed by atoms with E-state index in [2.05, 4.69) is 10.4 Å².